The van der Waals surface area contributed by atoms with E-state index in [0.717, 1.165) is 57.2 Å². The second-order valence-electron chi connectivity index (χ2n) is 7.92. The molecule has 5 nitrogen and oxygen atoms in total. The van der Waals surface area contributed by atoms with Crippen LogP contribution >= 0.6 is 0 Å². The molecule has 1 saturated heterocycles. The van der Waals surface area contributed by atoms with Gasteiger partial charge in [0.25, 0.3) is 5.91 Å². The third kappa shape index (κ3) is 3.80. The Morgan fingerprint density at radius 2 is 1.81 bits per heavy atom. The van der Waals surface area contributed by atoms with Crippen LogP contribution in [0.15, 0.2) is 18.2 Å². The highest BCUT2D eigenvalue weighted by Gasteiger charge is 2.30. The number of likely N-dealkylation sites (tertiary alicyclic amines) is 1. The summed E-state index contributed by atoms with van der Waals surface area (Å²) in [5, 5.41) is 9.56. The van der Waals surface area contributed by atoms with Crippen molar-refractivity contribution in [1.82, 2.24) is 9.80 Å². The first-order valence-electron chi connectivity index (χ1n) is 10.1. The number of phenolic OH excluding ortho intramolecular Hbond substituents is 1. The van der Waals surface area contributed by atoms with Crippen LogP contribution in [0, 0.1) is 23.8 Å². The number of carbonyl (C=O) groups is 2. The van der Waals surface area contributed by atoms with E-state index in [2.05, 4.69) is 16.9 Å². The summed E-state index contributed by atoms with van der Waals surface area (Å²) in [5.74, 6) is 3.96. The molecule has 2 aliphatic heterocycles. The molecule has 1 N–H and O–H groups in total. The topological polar surface area (TPSA) is 60.9 Å². The lowest BCUT2D eigenvalue weighted by Gasteiger charge is -2.33. The summed E-state index contributed by atoms with van der Waals surface area (Å²) in [4.78, 5) is 28.6. The molecule has 0 bridgehead atoms. The molecule has 0 radical (unpaired) electrons. The fourth-order valence-corrected chi connectivity index (χ4v) is 4.41. The quantitative estimate of drug-likeness (QED) is 0.777. The van der Waals surface area contributed by atoms with E-state index in [0.29, 0.717) is 18.0 Å². The smallest absolute Gasteiger partial charge is 0.266 e. The van der Waals surface area contributed by atoms with Gasteiger partial charge in [0, 0.05) is 36.5 Å². The van der Waals surface area contributed by atoms with Gasteiger partial charge in [0.15, 0.2) is 0 Å². The van der Waals surface area contributed by atoms with Gasteiger partial charge in [0.05, 0.1) is 6.54 Å². The van der Waals surface area contributed by atoms with Gasteiger partial charge < -0.3 is 10.0 Å². The van der Waals surface area contributed by atoms with Gasteiger partial charge in [-0.15, -0.1) is 0 Å². The monoisotopic (exact) mass is 366 g/mol. The number of nitrogens with zero attached hydrogens (tertiary/aromatic N) is 2. The minimum absolute atomic E-state index is 0.105. The van der Waals surface area contributed by atoms with Crippen molar-refractivity contribution in [2.24, 2.45) is 11.8 Å². The summed E-state index contributed by atoms with van der Waals surface area (Å²) < 4.78 is 0. The van der Waals surface area contributed by atoms with Crippen LogP contribution in [0.1, 0.15) is 60.9 Å². The van der Waals surface area contributed by atoms with Crippen LogP contribution in [0.3, 0.4) is 0 Å². The predicted molar refractivity (Wildman–Crippen MR) is 102 cm³/mol. The van der Waals surface area contributed by atoms with Gasteiger partial charge in [-0.1, -0.05) is 12.0 Å². The van der Waals surface area contributed by atoms with E-state index in [1.54, 1.807) is 12.1 Å². The first-order valence-corrected chi connectivity index (χ1v) is 10.1. The largest absolute Gasteiger partial charge is 0.508 e. The van der Waals surface area contributed by atoms with Gasteiger partial charge in [0.1, 0.15) is 5.75 Å². The standard InChI is InChI=1S/C22H26N2O3/c25-19-9-8-18-15-24(22(27)20(18)14-19)13-10-16-4-6-17(7-5-16)21(26)23-11-2-1-3-12-23/h8-9,14,16-17,25H,1-7,11-12,15H2. The first-order chi connectivity index (χ1) is 13.1. The van der Waals surface area contributed by atoms with Crippen LogP contribution in [0.25, 0.3) is 0 Å². The molecule has 1 aromatic carbocycles. The first kappa shape index (κ1) is 17.9. The lowest BCUT2D eigenvalue weighted by Crippen LogP contribution is -2.40. The van der Waals surface area contributed by atoms with Crippen molar-refractivity contribution in [3.63, 3.8) is 0 Å². The van der Waals surface area contributed by atoms with E-state index in [1.807, 2.05) is 0 Å². The number of hydrogen-bond acceptors (Lipinski definition) is 3. The molecular formula is C22H26N2O3. The van der Waals surface area contributed by atoms with Gasteiger partial charge in [-0.3, -0.25) is 14.5 Å². The van der Waals surface area contributed by atoms with Crippen molar-refractivity contribution < 1.29 is 14.7 Å². The summed E-state index contributed by atoms with van der Waals surface area (Å²) in [5.41, 5.74) is 1.45. The summed E-state index contributed by atoms with van der Waals surface area (Å²) in [7, 11) is 0. The van der Waals surface area contributed by atoms with Crippen LogP contribution in [0.4, 0.5) is 0 Å². The molecule has 3 aliphatic rings. The SMILES string of the molecule is O=C1c2cc(O)ccc2CN1C#CC1CCC(C(=O)N2CCCCC2)CC1. The van der Waals surface area contributed by atoms with Crippen molar-refractivity contribution in [3.05, 3.63) is 29.3 Å². The normalized spacial score (nSPS) is 25.0. The molecule has 1 aliphatic carbocycles. The minimum Gasteiger partial charge on any atom is -0.508 e. The van der Waals surface area contributed by atoms with Crippen molar-refractivity contribution in [1.29, 1.82) is 0 Å². The maximum atomic E-state index is 12.6. The van der Waals surface area contributed by atoms with Crippen LogP contribution in [0.2, 0.25) is 0 Å². The number of fused-ring (bicyclic) bond motifs is 1. The number of phenols is 1. The number of piperidine rings is 1. The Labute approximate surface area is 160 Å². The molecule has 27 heavy (non-hydrogen) atoms. The Balaban J connectivity index is 1.31. The average Bonchev–Trinajstić information content (AvgIpc) is 3.02. The molecule has 0 spiro atoms. The third-order valence-electron chi connectivity index (χ3n) is 6.05. The minimum atomic E-state index is -0.137. The molecule has 0 unspecified atom stereocenters. The van der Waals surface area contributed by atoms with Crippen molar-refractivity contribution in [2.75, 3.05) is 13.1 Å². The molecule has 142 valence electrons. The fraction of sp³-hybridized carbons (Fsp3) is 0.545. The molecule has 4 rings (SSSR count). The molecule has 0 atom stereocenters. The highest BCUT2D eigenvalue weighted by Crippen LogP contribution is 2.31. The molecule has 2 amide bonds. The van der Waals surface area contributed by atoms with Gasteiger partial charge in [0.2, 0.25) is 5.91 Å². The van der Waals surface area contributed by atoms with Gasteiger partial charge >= 0.3 is 0 Å². The summed E-state index contributed by atoms with van der Waals surface area (Å²) in [6, 6.07) is 7.92. The Morgan fingerprint density at radius 1 is 1.07 bits per heavy atom. The van der Waals surface area contributed by atoms with E-state index >= 15 is 0 Å². The fourth-order valence-electron chi connectivity index (χ4n) is 4.41. The van der Waals surface area contributed by atoms with E-state index < -0.39 is 0 Å². The van der Waals surface area contributed by atoms with Crippen molar-refractivity contribution in [3.8, 4) is 17.7 Å². The molecule has 0 aromatic heterocycles. The van der Waals surface area contributed by atoms with Gasteiger partial charge in [-0.2, -0.15) is 0 Å². The highest BCUT2D eigenvalue weighted by atomic mass is 16.3. The third-order valence-corrected chi connectivity index (χ3v) is 6.05. The predicted octanol–water partition coefficient (Wildman–Crippen LogP) is 3.13. The lowest BCUT2D eigenvalue weighted by atomic mass is 9.81. The number of benzene rings is 1. The second kappa shape index (κ2) is 7.64. The van der Waals surface area contributed by atoms with Crippen molar-refractivity contribution in [2.45, 2.75) is 51.5 Å². The van der Waals surface area contributed by atoms with Crippen molar-refractivity contribution >= 4 is 11.8 Å². The van der Waals surface area contributed by atoms with E-state index in [4.69, 9.17) is 0 Å². The van der Waals surface area contributed by atoms with Crippen LogP contribution in [0.5, 0.6) is 5.75 Å². The zero-order valence-corrected chi connectivity index (χ0v) is 15.6. The molecule has 2 heterocycles. The maximum Gasteiger partial charge on any atom is 0.266 e. The number of rotatable bonds is 1. The number of amides is 2. The Kier molecular flexibility index (Phi) is 5.07. The second-order valence-corrected chi connectivity index (χ2v) is 7.92. The molecular weight excluding hydrogens is 340 g/mol. The number of hydrogen-bond donors (Lipinski definition) is 1. The Bertz CT molecular complexity index is 794. The lowest BCUT2D eigenvalue weighted by molar-refractivity contribution is -0.137. The Hall–Kier alpha value is -2.48. The summed E-state index contributed by atoms with van der Waals surface area (Å²) in [6.07, 6.45) is 7.16. The van der Waals surface area contributed by atoms with Crippen LogP contribution < -0.4 is 0 Å². The van der Waals surface area contributed by atoms with Gasteiger partial charge in [-0.05, 0) is 62.6 Å². The molecule has 2 fully saturated rings. The highest BCUT2D eigenvalue weighted by molar-refractivity contribution is 5.99. The van der Waals surface area contributed by atoms with Crippen LogP contribution in [-0.4, -0.2) is 39.8 Å². The number of aromatic hydroxyl groups is 1. The van der Waals surface area contributed by atoms with E-state index in [9.17, 15) is 14.7 Å². The zero-order chi connectivity index (χ0) is 18.8. The molecule has 1 aromatic rings. The number of carbonyl (C=O) groups excluding carboxylic acids is 2. The average molecular weight is 366 g/mol. The summed E-state index contributed by atoms with van der Waals surface area (Å²) >= 11 is 0. The van der Waals surface area contributed by atoms with Crippen LogP contribution in [-0.2, 0) is 11.3 Å². The van der Waals surface area contributed by atoms with Gasteiger partial charge in [-0.25, -0.2) is 0 Å². The Morgan fingerprint density at radius 3 is 2.56 bits per heavy atom. The molecule has 1 saturated carbocycles. The molecule has 5 heteroatoms. The van der Waals surface area contributed by atoms with E-state index in [-0.39, 0.29) is 23.5 Å². The summed E-state index contributed by atoms with van der Waals surface area (Å²) in [6.45, 7) is 2.32. The maximum absolute atomic E-state index is 12.6. The van der Waals surface area contributed by atoms with E-state index in [1.165, 1.54) is 17.4 Å². The zero-order valence-electron chi connectivity index (χ0n) is 15.6.